The Morgan fingerprint density at radius 2 is 1.95 bits per heavy atom. The van der Waals surface area contributed by atoms with Crippen LogP contribution >= 0.6 is 0 Å². The molecule has 1 aliphatic carbocycles. The highest BCUT2D eigenvalue weighted by atomic mass is 16.4. The highest BCUT2D eigenvalue weighted by Gasteiger charge is 2.46. The van der Waals surface area contributed by atoms with Crippen LogP contribution in [0.1, 0.15) is 42.7 Å². The molecule has 1 fully saturated rings. The second-order valence-electron chi connectivity index (χ2n) is 6.18. The average molecular weight is 298 g/mol. The van der Waals surface area contributed by atoms with Crippen molar-refractivity contribution in [2.45, 2.75) is 38.1 Å². The number of nitrogens with zero attached hydrogens (tertiary/aromatic N) is 2. The van der Waals surface area contributed by atoms with Crippen LogP contribution in [0, 0.1) is 16.7 Å². The van der Waals surface area contributed by atoms with Gasteiger partial charge in [0.05, 0.1) is 12.0 Å². The lowest BCUT2D eigenvalue weighted by molar-refractivity contribution is -0.144. The van der Waals surface area contributed by atoms with Crippen molar-refractivity contribution in [2.24, 2.45) is 5.41 Å². The summed E-state index contributed by atoms with van der Waals surface area (Å²) in [6.45, 7) is 0.539. The number of nitriles is 1. The molecule has 1 heterocycles. The first-order valence-electron chi connectivity index (χ1n) is 7.59. The molecule has 114 valence electrons. The summed E-state index contributed by atoms with van der Waals surface area (Å²) in [5.74, 6) is -1.85. The van der Waals surface area contributed by atoms with Gasteiger partial charge in [0.15, 0.2) is 0 Å². The van der Waals surface area contributed by atoms with E-state index in [4.69, 9.17) is 0 Å². The number of rotatable bonds is 2. The zero-order valence-corrected chi connectivity index (χ0v) is 12.3. The highest BCUT2D eigenvalue weighted by molar-refractivity contribution is 5.87. The standard InChI is InChI=1S/C17H18N2O3/c18-11-17(7-3-4-8-17)16(22)19-9-12-5-1-2-6-13(12)14(10-19)15(20)21/h1-2,5-6,14H,3-4,7-10H2,(H,20,21). The van der Waals surface area contributed by atoms with Gasteiger partial charge in [-0.3, -0.25) is 9.59 Å². The third-order valence-electron chi connectivity index (χ3n) is 4.86. The maximum absolute atomic E-state index is 12.8. The van der Waals surface area contributed by atoms with Crippen molar-refractivity contribution in [1.29, 1.82) is 5.26 Å². The van der Waals surface area contributed by atoms with E-state index in [1.54, 1.807) is 4.90 Å². The van der Waals surface area contributed by atoms with Crippen molar-refractivity contribution in [3.63, 3.8) is 0 Å². The number of aliphatic carboxylic acids is 1. The van der Waals surface area contributed by atoms with Crippen LogP contribution < -0.4 is 0 Å². The summed E-state index contributed by atoms with van der Waals surface area (Å²) in [5, 5.41) is 18.9. The number of carboxylic acid groups (broad SMARTS) is 1. The van der Waals surface area contributed by atoms with Gasteiger partial charge in [-0.15, -0.1) is 0 Å². The molecule has 1 aromatic carbocycles. The van der Waals surface area contributed by atoms with Crippen LogP contribution in [0.3, 0.4) is 0 Å². The molecule has 1 aromatic rings. The van der Waals surface area contributed by atoms with Crippen LogP contribution in [0.4, 0.5) is 0 Å². The lowest BCUT2D eigenvalue weighted by Gasteiger charge is -2.36. The fourth-order valence-corrected chi connectivity index (χ4v) is 3.63. The Labute approximate surface area is 129 Å². The van der Waals surface area contributed by atoms with Crippen LogP contribution in [0.5, 0.6) is 0 Å². The minimum atomic E-state index is -0.949. The van der Waals surface area contributed by atoms with E-state index < -0.39 is 17.3 Å². The second-order valence-corrected chi connectivity index (χ2v) is 6.18. The molecule has 1 aliphatic heterocycles. The van der Waals surface area contributed by atoms with Gasteiger partial charge in [-0.25, -0.2) is 0 Å². The van der Waals surface area contributed by atoms with E-state index in [0.29, 0.717) is 19.4 Å². The molecule has 1 saturated carbocycles. The summed E-state index contributed by atoms with van der Waals surface area (Å²) in [6.07, 6.45) is 2.93. The van der Waals surface area contributed by atoms with Crippen molar-refractivity contribution in [3.8, 4) is 6.07 Å². The summed E-state index contributed by atoms with van der Waals surface area (Å²) in [6, 6.07) is 9.54. The van der Waals surface area contributed by atoms with Gasteiger partial charge in [-0.05, 0) is 24.0 Å². The Bertz CT molecular complexity index is 656. The monoisotopic (exact) mass is 298 g/mol. The number of amides is 1. The minimum absolute atomic E-state index is 0.147. The molecule has 5 heteroatoms. The van der Waals surface area contributed by atoms with Gasteiger partial charge < -0.3 is 10.0 Å². The number of benzene rings is 1. The maximum Gasteiger partial charge on any atom is 0.312 e. The van der Waals surface area contributed by atoms with Gasteiger partial charge in [-0.1, -0.05) is 37.1 Å². The largest absolute Gasteiger partial charge is 0.481 e. The quantitative estimate of drug-likeness (QED) is 0.908. The van der Waals surface area contributed by atoms with Gasteiger partial charge in [0.25, 0.3) is 0 Å². The van der Waals surface area contributed by atoms with Crippen LogP contribution in [-0.4, -0.2) is 28.4 Å². The first-order chi connectivity index (χ1) is 10.6. The van der Waals surface area contributed by atoms with E-state index in [9.17, 15) is 20.0 Å². The van der Waals surface area contributed by atoms with E-state index in [1.165, 1.54) is 0 Å². The Balaban J connectivity index is 1.93. The van der Waals surface area contributed by atoms with Gasteiger partial charge in [0.2, 0.25) is 5.91 Å². The van der Waals surface area contributed by atoms with Gasteiger partial charge in [0.1, 0.15) is 5.41 Å². The molecule has 1 N–H and O–H groups in total. The van der Waals surface area contributed by atoms with E-state index >= 15 is 0 Å². The zero-order valence-electron chi connectivity index (χ0n) is 12.3. The van der Waals surface area contributed by atoms with Crippen molar-refractivity contribution in [1.82, 2.24) is 4.90 Å². The molecule has 0 aromatic heterocycles. The fraction of sp³-hybridized carbons (Fsp3) is 0.471. The van der Waals surface area contributed by atoms with Gasteiger partial charge in [0, 0.05) is 13.1 Å². The molecular weight excluding hydrogens is 280 g/mol. The van der Waals surface area contributed by atoms with Crippen LogP contribution in [0.2, 0.25) is 0 Å². The average Bonchev–Trinajstić information content (AvgIpc) is 3.03. The molecule has 2 aliphatic rings. The SMILES string of the molecule is N#CC1(C(=O)N2Cc3ccccc3C(C(=O)O)C2)CCCC1. The molecule has 3 rings (SSSR count). The van der Waals surface area contributed by atoms with Crippen molar-refractivity contribution in [3.05, 3.63) is 35.4 Å². The van der Waals surface area contributed by atoms with Crippen molar-refractivity contribution in [2.75, 3.05) is 6.54 Å². The van der Waals surface area contributed by atoms with Crippen LogP contribution in [0.25, 0.3) is 0 Å². The molecule has 1 atom stereocenters. The van der Waals surface area contributed by atoms with E-state index in [2.05, 4.69) is 6.07 Å². The lowest BCUT2D eigenvalue weighted by atomic mass is 9.83. The lowest BCUT2D eigenvalue weighted by Crippen LogP contribution is -2.46. The minimum Gasteiger partial charge on any atom is -0.481 e. The topological polar surface area (TPSA) is 81.4 Å². The Morgan fingerprint density at radius 1 is 1.27 bits per heavy atom. The molecule has 5 nitrogen and oxygen atoms in total. The number of carbonyl (C=O) groups excluding carboxylic acids is 1. The molecule has 0 saturated heterocycles. The van der Waals surface area contributed by atoms with Crippen molar-refractivity contribution < 1.29 is 14.7 Å². The van der Waals surface area contributed by atoms with Gasteiger partial charge >= 0.3 is 5.97 Å². The molecular formula is C17H18N2O3. The summed E-state index contributed by atoms with van der Waals surface area (Å²) in [5.41, 5.74) is 0.687. The predicted octanol–water partition coefficient (Wildman–Crippen LogP) is 2.28. The number of hydrogen-bond donors (Lipinski definition) is 1. The molecule has 0 bridgehead atoms. The number of carboxylic acids is 1. The third-order valence-corrected chi connectivity index (χ3v) is 4.86. The summed E-state index contributed by atoms with van der Waals surface area (Å²) in [7, 11) is 0. The first kappa shape index (κ1) is 14.6. The molecule has 22 heavy (non-hydrogen) atoms. The van der Waals surface area contributed by atoms with Crippen molar-refractivity contribution >= 4 is 11.9 Å². The number of fused-ring (bicyclic) bond motifs is 1. The second kappa shape index (κ2) is 5.45. The number of hydrogen-bond acceptors (Lipinski definition) is 3. The summed E-state index contributed by atoms with van der Waals surface area (Å²) >= 11 is 0. The zero-order chi connectivity index (χ0) is 15.7. The van der Waals surface area contributed by atoms with Crippen LogP contribution in [-0.2, 0) is 16.1 Å². The highest BCUT2D eigenvalue weighted by Crippen LogP contribution is 2.41. The fourth-order valence-electron chi connectivity index (χ4n) is 3.63. The smallest absolute Gasteiger partial charge is 0.312 e. The van der Waals surface area contributed by atoms with Gasteiger partial charge in [-0.2, -0.15) is 5.26 Å². The Morgan fingerprint density at radius 3 is 2.59 bits per heavy atom. The molecule has 1 amide bonds. The summed E-state index contributed by atoms with van der Waals surface area (Å²) < 4.78 is 0. The molecule has 0 spiro atoms. The predicted molar refractivity (Wildman–Crippen MR) is 78.7 cm³/mol. The third kappa shape index (κ3) is 2.25. The van der Waals surface area contributed by atoms with Crippen LogP contribution in [0.15, 0.2) is 24.3 Å². The first-order valence-corrected chi connectivity index (χ1v) is 7.59. The molecule has 0 radical (unpaired) electrons. The maximum atomic E-state index is 12.8. The Kier molecular flexibility index (Phi) is 3.61. The summed E-state index contributed by atoms with van der Waals surface area (Å²) in [4.78, 5) is 26.0. The molecule has 1 unspecified atom stereocenters. The Hall–Kier alpha value is -2.35. The van der Waals surface area contributed by atoms with E-state index in [-0.39, 0.29) is 12.5 Å². The number of carbonyl (C=O) groups is 2. The van der Waals surface area contributed by atoms with E-state index in [1.807, 2.05) is 24.3 Å². The van der Waals surface area contributed by atoms with E-state index in [0.717, 1.165) is 24.0 Å². The normalized spacial score (nSPS) is 22.7.